The number of hydrogen-bond acceptors (Lipinski definition) is 4. The molecule has 1 heterocycles. The molecule has 0 radical (unpaired) electrons. The quantitative estimate of drug-likeness (QED) is 0.451. The van der Waals surface area contributed by atoms with Crippen LogP contribution in [0.1, 0.15) is 31.8 Å². The van der Waals surface area contributed by atoms with Crippen LogP contribution in [0.25, 0.3) is 10.9 Å². The first-order valence-electron chi connectivity index (χ1n) is 10.1. The third-order valence-corrected chi connectivity index (χ3v) is 5.18. The normalized spacial score (nSPS) is 10.6. The molecule has 5 heteroatoms. The number of anilines is 1. The zero-order chi connectivity index (χ0) is 21.6. The first-order chi connectivity index (χ1) is 15.2. The van der Waals surface area contributed by atoms with Crippen molar-refractivity contribution < 1.29 is 14.3 Å². The van der Waals surface area contributed by atoms with Crippen LogP contribution >= 0.6 is 0 Å². The van der Waals surface area contributed by atoms with Gasteiger partial charge in [-0.05, 0) is 48.2 Å². The Morgan fingerprint density at radius 2 is 1.71 bits per heavy atom. The SMILES string of the molecule is COC(=O)c1ccc(CCc2ccccc2)c(C(=O)Nc2cccc3cccnc23)c1. The van der Waals surface area contributed by atoms with E-state index in [2.05, 4.69) is 22.4 Å². The van der Waals surface area contributed by atoms with Crippen molar-refractivity contribution in [2.75, 3.05) is 12.4 Å². The highest BCUT2D eigenvalue weighted by molar-refractivity contribution is 6.10. The molecule has 5 nitrogen and oxygen atoms in total. The zero-order valence-electron chi connectivity index (χ0n) is 17.2. The van der Waals surface area contributed by atoms with Crippen molar-refractivity contribution in [3.8, 4) is 0 Å². The Labute approximate surface area is 180 Å². The maximum absolute atomic E-state index is 13.3. The van der Waals surface area contributed by atoms with Gasteiger partial charge in [-0.15, -0.1) is 0 Å². The summed E-state index contributed by atoms with van der Waals surface area (Å²) < 4.78 is 4.84. The Bertz CT molecular complexity index is 1230. The fourth-order valence-corrected chi connectivity index (χ4v) is 3.57. The molecule has 4 aromatic rings. The first-order valence-corrected chi connectivity index (χ1v) is 10.1. The number of methoxy groups -OCH3 is 1. The largest absolute Gasteiger partial charge is 0.465 e. The summed E-state index contributed by atoms with van der Waals surface area (Å²) >= 11 is 0. The molecule has 0 saturated heterocycles. The Morgan fingerprint density at radius 1 is 0.903 bits per heavy atom. The average Bonchev–Trinajstić information content (AvgIpc) is 2.83. The minimum Gasteiger partial charge on any atom is -0.465 e. The second-order valence-electron chi connectivity index (χ2n) is 7.18. The molecule has 1 aromatic heterocycles. The summed E-state index contributed by atoms with van der Waals surface area (Å²) in [6, 6.07) is 24.7. The van der Waals surface area contributed by atoms with E-state index in [9.17, 15) is 9.59 Å². The van der Waals surface area contributed by atoms with E-state index in [0.717, 1.165) is 17.4 Å². The molecule has 0 saturated carbocycles. The molecule has 0 aliphatic heterocycles. The van der Waals surface area contributed by atoms with Crippen LogP contribution in [0, 0.1) is 0 Å². The van der Waals surface area contributed by atoms with Gasteiger partial charge in [0.2, 0.25) is 0 Å². The minimum atomic E-state index is -0.476. The third kappa shape index (κ3) is 4.61. The predicted molar refractivity (Wildman–Crippen MR) is 121 cm³/mol. The second kappa shape index (κ2) is 9.22. The number of nitrogens with one attached hydrogen (secondary N) is 1. The third-order valence-electron chi connectivity index (χ3n) is 5.18. The maximum Gasteiger partial charge on any atom is 0.337 e. The highest BCUT2D eigenvalue weighted by Crippen LogP contribution is 2.23. The van der Waals surface area contributed by atoms with E-state index in [1.54, 1.807) is 18.3 Å². The number of esters is 1. The molecule has 1 N–H and O–H groups in total. The molecular weight excluding hydrogens is 388 g/mol. The van der Waals surface area contributed by atoms with Gasteiger partial charge in [0.25, 0.3) is 5.91 Å². The van der Waals surface area contributed by atoms with Crippen LogP contribution in [0.5, 0.6) is 0 Å². The van der Waals surface area contributed by atoms with E-state index in [1.165, 1.54) is 12.7 Å². The molecule has 0 aliphatic carbocycles. The Kier molecular flexibility index (Phi) is 6.03. The topological polar surface area (TPSA) is 68.3 Å². The number of benzene rings is 3. The number of pyridine rings is 1. The van der Waals surface area contributed by atoms with Gasteiger partial charge in [0, 0.05) is 17.1 Å². The predicted octanol–water partition coefficient (Wildman–Crippen LogP) is 5.06. The Morgan fingerprint density at radius 3 is 2.52 bits per heavy atom. The average molecular weight is 410 g/mol. The molecule has 0 bridgehead atoms. The number of carbonyl (C=O) groups excluding carboxylic acids is 2. The van der Waals surface area contributed by atoms with Crippen LogP contribution in [0.3, 0.4) is 0 Å². The molecule has 0 atom stereocenters. The summed E-state index contributed by atoms with van der Waals surface area (Å²) in [5.74, 6) is -0.762. The van der Waals surface area contributed by atoms with E-state index in [-0.39, 0.29) is 5.91 Å². The lowest BCUT2D eigenvalue weighted by molar-refractivity contribution is 0.0600. The summed E-state index contributed by atoms with van der Waals surface area (Å²) in [6.07, 6.45) is 3.15. The summed E-state index contributed by atoms with van der Waals surface area (Å²) in [5.41, 5.74) is 4.18. The van der Waals surface area contributed by atoms with Crippen molar-refractivity contribution in [2.45, 2.75) is 12.8 Å². The van der Waals surface area contributed by atoms with Crippen LogP contribution in [0.15, 0.2) is 85.1 Å². The number of carbonyl (C=O) groups is 2. The summed E-state index contributed by atoms with van der Waals surface area (Å²) in [7, 11) is 1.33. The Hall–Kier alpha value is -3.99. The molecule has 3 aromatic carbocycles. The van der Waals surface area contributed by atoms with Gasteiger partial charge in [0.1, 0.15) is 0 Å². The van der Waals surface area contributed by atoms with Gasteiger partial charge in [0.15, 0.2) is 0 Å². The van der Waals surface area contributed by atoms with E-state index in [1.807, 2.05) is 54.6 Å². The first kappa shape index (κ1) is 20.3. The Balaban J connectivity index is 1.66. The number of nitrogens with zero attached hydrogens (tertiary/aromatic N) is 1. The molecule has 4 rings (SSSR count). The van der Waals surface area contributed by atoms with E-state index in [4.69, 9.17) is 4.74 Å². The second-order valence-corrected chi connectivity index (χ2v) is 7.18. The van der Waals surface area contributed by atoms with Gasteiger partial charge < -0.3 is 10.1 Å². The standard InChI is InChI=1S/C26H22N2O3/c1-31-26(30)21-15-14-19(13-12-18-7-3-2-4-8-18)22(17-21)25(29)28-23-11-5-9-20-10-6-16-27-24(20)23/h2-11,14-17H,12-13H2,1H3,(H,28,29). The van der Waals surface area contributed by atoms with Crippen LogP contribution in [0.4, 0.5) is 5.69 Å². The lowest BCUT2D eigenvalue weighted by Crippen LogP contribution is -2.16. The lowest BCUT2D eigenvalue weighted by Gasteiger charge is -2.13. The van der Waals surface area contributed by atoms with Gasteiger partial charge >= 0.3 is 5.97 Å². The van der Waals surface area contributed by atoms with Crippen molar-refractivity contribution >= 4 is 28.5 Å². The van der Waals surface area contributed by atoms with Crippen molar-refractivity contribution in [1.82, 2.24) is 4.98 Å². The number of ether oxygens (including phenoxy) is 1. The van der Waals surface area contributed by atoms with Crippen LogP contribution in [-0.4, -0.2) is 24.0 Å². The molecule has 31 heavy (non-hydrogen) atoms. The maximum atomic E-state index is 13.3. The number of rotatable bonds is 6. The fourth-order valence-electron chi connectivity index (χ4n) is 3.57. The molecular formula is C26H22N2O3. The number of aromatic nitrogens is 1. The van der Waals surface area contributed by atoms with E-state index in [0.29, 0.717) is 28.8 Å². The number of amides is 1. The molecule has 0 unspecified atom stereocenters. The molecule has 0 spiro atoms. The van der Waals surface area contributed by atoms with Gasteiger partial charge in [-0.1, -0.05) is 54.6 Å². The van der Waals surface area contributed by atoms with Crippen molar-refractivity contribution in [3.63, 3.8) is 0 Å². The molecule has 0 aliphatic rings. The van der Waals surface area contributed by atoms with E-state index < -0.39 is 5.97 Å². The van der Waals surface area contributed by atoms with Crippen LogP contribution in [0.2, 0.25) is 0 Å². The number of aryl methyl sites for hydroxylation is 2. The zero-order valence-corrected chi connectivity index (χ0v) is 17.2. The molecule has 1 amide bonds. The van der Waals surface area contributed by atoms with Gasteiger partial charge in [-0.3, -0.25) is 9.78 Å². The number of hydrogen-bond donors (Lipinski definition) is 1. The van der Waals surface area contributed by atoms with Crippen molar-refractivity contribution in [3.05, 3.63) is 107 Å². The van der Waals surface area contributed by atoms with Crippen LogP contribution in [-0.2, 0) is 17.6 Å². The van der Waals surface area contributed by atoms with Gasteiger partial charge in [0.05, 0.1) is 23.9 Å². The summed E-state index contributed by atoms with van der Waals surface area (Å²) in [6.45, 7) is 0. The molecule has 0 fully saturated rings. The highest BCUT2D eigenvalue weighted by Gasteiger charge is 2.17. The highest BCUT2D eigenvalue weighted by atomic mass is 16.5. The fraction of sp³-hybridized carbons (Fsp3) is 0.115. The number of fused-ring (bicyclic) bond motifs is 1. The van der Waals surface area contributed by atoms with Gasteiger partial charge in [-0.25, -0.2) is 4.79 Å². The van der Waals surface area contributed by atoms with Crippen LogP contribution < -0.4 is 5.32 Å². The monoisotopic (exact) mass is 410 g/mol. The lowest BCUT2D eigenvalue weighted by atomic mass is 9.97. The molecule has 154 valence electrons. The van der Waals surface area contributed by atoms with Crippen molar-refractivity contribution in [1.29, 1.82) is 0 Å². The summed E-state index contributed by atoms with van der Waals surface area (Å²) in [4.78, 5) is 29.7. The number of para-hydroxylation sites is 1. The smallest absolute Gasteiger partial charge is 0.337 e. The van der Waals surface area contributed by atoms with E-state index >= 15 is 0 Å². The van der Waals surface area contributed by atoms with Gasteiger partial charge in [-0.2, -0.15) is 0 Å². The van der Waals surface area contributed by atoms with Crippen molar-refractivity contribution in [2.24, 2.45) is 0 Å². The summed E-state index contributed by atoms with van der Waals surface area (Å²) in [5, 5.41) is 3.91. The minimum absolute atomic E-state index is 0.285.